The third-order valence-corrected chi connectivity index (χ3v) is 7.21. The van der Waals surface area contributed by atoms with Gasteiger partial charge in [0, 0.05) is 24.5 Å². The van der Waals surface area contributed by atoms with Crippen LogP contribution in [0.1, 0.15) is 35.4 Å². The molecule has 3 atom stereocenters. The normalized spacial score (nSPS) is 25.8. The minimum Gasteiger partial charge on any atom is -0.497 e. The lowest BCUT2D eigenvalue weighted by atomic mass is 9.70. The molecule has 3 heteroatoms. The van der Waals surface area contributed by atoms with E-state index in [1.807, 2.05) is 6.07 Å². The zero-order valence-corrected chi connectivity index (χ0v) is 18.3. The highest BCUT2D eigenvalue weighted by molar-refractivity contribution is 5.40. The van der Waals surface area contributed by atoms with Crippen LogP contribution in [0.4, 0.5) is 0 Å². The van der Waals surface area contributed by atoms with Crippen molar-refractivity contribution in [2.45, 2.75) is 37.4 Å². The lowest BCUT2D eigenvalue weighted by molar-refractivity contribution is 0.00466. The van der Waals surface area contributed by atoms with Crippen LogP contribution in [0.5, 0.6) is 5.75 Å². The Labute approximate surface area is 186 Å². The van der Waals surface area contributed by atoms with Crippen molar-refractivity contribution < 1.29 is 4.74 Å². The second-order valence-corrected chi connectivity index (χ2v) is 8.92. The fourth-order valence-corrected chi connectivity index (χ4v) is 5.70. The van der Waals surface area contributed by atoms with Crippen molar-refractivity contribution >= 4 is 0 Å². The third kappa shape index (κ3) is 4.26. The summed E-state index contributed by atoms with van der Waals surface area (Å²) in [6, 6.07) is 31.4. The Kier molecular flexibility index (Phi) is 6.06. The first-order valence-electron chi connectivity index (χ1n) is 11.5. The number of hydrogen-bond acceptors (Lipinski definition) is 3. The number of hydrogen-bond donors (Lipinski definition) is 1. The molecule has 0 radical (unpaired) electrons. The number of methoxy groups -OCH3 is 1. The summed E-state index contributed by atoms with van der Waals surface area (Å²) in [4.78, 5) is 2.74. The summed E-state index contributed by atoms with van der Waals surface area (Å²) in [7, 11) is 1.76. The minimum atomic E-state index is 0.313. The van der Waals surface area contributed by atoms with Crippen LogP contribution >= 0.6 is 0 Å². The molecule has 2 bridgehead atoms. The van der Waals surface area contributed by atoms with Crippen molar-refractivity contribution in [2.75, 3.05) is 20.2 Å². The monoisotopic (exact) mass is 412 g/mol. The Morgan fingerprint density at radius 2 is 1.55 bits per heavy atom. The van der Waals surface area contributed by atoms with Crippen molar-refractivity contribution in [3.63, 3.8) is 0 Å². The molecule has 3 nitrogen and oxygen atoms in total. The molecule has 0 aliphatic carbocycles. The molecule has 3 aromatic carbocycles. The summed E-state index contributed by atoms with van der Waals surface area (Å²) in [5, 5.41) is 4.00. The molecule has 0 saturated carbocycles. The fourth-order valence-electron chi connectivity index (χ4n) is 5.70. The van der Waals surface area contributed by atoms with Gasteiger partial charge in [0.1, 0.15) is 5.75 Å². The van der Waals surface area contributed by atoms with E-state index in [9.17, 15) is 0 Å². The van der Waals surface area contributed by atoms with Gasteiger partial charge in [0.05, 0.1) is 7.11 Å². The topological polar surface area (TPSA) is 24.5 Å². The molecule has 160 valence electrons. The second kappa shape index (κ2) is 9.25. The van der Waals surface area contributed by atoms with Crippen molar-refractivity contribution in [3.05, 3.63) is 102 Å². The van der Waals surface area contributed by atoms with Crippen molar-refractivity contribution in [2.24, 2.45) is 5.92 Å². The number of fused-ring (bicyclic) bond motifs is 3. The predicted molar refractivity (Wildman–Crippen MR) is 126 cm³/mol. The predicted octanol–water partition coefficient (Wildman–Crippen LogP) is 5.08. The van der Waals surface area contributed by atoms with E-state index in [1.54, 1.807) is 7.11 Å². The highest BCUT2D eigenvalue weighted by Gasteiger charge is 2.46. The highest BCUT2D eigenvalue weighted by Crippen LogP contribution is 2.42. The lowest BCUT2D eigenvalue weighted by Crippen LogP contribution is -2.64. The van der Waals surface area contributed by atoms with Crippen LogP contribution < -0.4 is 10.1 Å². The van der Waals surface area contributed by atoms with E-state index in [2.05, 4.69) is 89.1 Å². The molecule has 0 amide bonds. The molecule has 3 fully saturated rings. The van der Waals surface area contributed by atoms with Crippen LogP contribution in [-0.4, -0.2) is 37.2 Å². The van der Waals surface area contributed by atoms with E-state index < -0.39 is 0 Å². The van der Waals surface area contributed by atoms with Gasteiger partial charge in [-0.1, -0.05) is 72.8 Å². The van der Waals surface area contributed by atoms with Crippen LogP contribution in [0.3, 0.4) is 0 Å². The molecule has 3 aromatic rings. The molecule has 3 aliphatic rings. The van der Waals surface area contributed by atoms with E-state index in [0.717, 1.165) is 18.2 Å². The van der Waals surface area contributed by atoms with Crippen LogP contribution in [0, 0.1) is 5.92 Å². The van der Waals surface area contributed by atoms with E-state index in [4.69, 9.17) is 4.74 Å². The van der Waals surface area contributed by atoms with E-state index >= 15 is 0 Å². The Balaban J connectivity index is 1.52. The van der Waals surface area contributed by atoms with Gasteiger partial charge in [0.15, 0.2) is 0 Å². The van der Waals surface area contributed by atoms with Gasteiger partial charge in [-0.2, -0.15) is 0 Å². The molecule has 3 heterocycles. The lowest BCUT2D eigenvalue weighted by Gasteiger charge is -2.54. The number of piperidine rings is 3. The summed E-state index contributed by atoms with van der Waals surface area (Å²) in [5.41, 5.74) is 4.09. The number of rotatable bonds is 7. The van der Waals surface area contributed by atoms with Gasteiger partial charge in [-0.25, -0.2) is 0 Å². The molecule has 0 spiro atoms. The zero-order valence-electron chi connectivity index (χ0n) is 18.3. The molecule has 3 aliphatic heterocycles. The quantitative estimate of drug-likeness (QED) is 0.586. The van der Waals surface area contributed by atoms with Crippen LogP contribution in [-0.2, 0) is 6.54 Å². The number of ether oxygens (including phenoxy) is 1. The summed E-state index contributed by atoms with van der Waals surface area (Å²) in [5.74, 6) is 1.98. The van der Waals surface area contributed by atoms with Crippen molar-refractivity contribution in [3.8, 4) is 5.75 Å². The fraction of sp³-hybridized carbons (Fsp3) is 0.357. The second-order valence-electron chi connectivity index (χ2n) is 8.92. The highest BCUT2D eigenvalue weighted by atomic mass is 16.5. The maximum Gasteiger partial charge on any atom is 0.119 e. The standard InChI is InChI=1S/C28H32N2O/c1-31-25-14-8-13-24(19-25)26(22-11-6-3-7-12-22)28-27(23-15-17-30(28)18-16-23)29-20-21-9-4-2-5-10-21/h2-14,19,23,26-29H,15-18,20H2,1H3. The molecule has 1 N–H and O–H groups in total. The van der Waals surface area contributed by atoms with Gasteiger partial charge >= 0.3 is 0 Å². The first-order valence-corrected chi connectivity index (χ1v) is 11.5. The summed E-state index contributed by atoms with van der Waals surface area (Å²) in [6.45, 7) is 3.32. The van der Waals surface area contributed by atoms with Gasteiger partial charge in [0.2, 0.25) is 0 Å². The molecular formula is C28H32N2O. The molecule has 6 rings (SSSR count). The maximum absolute atomic E-state index is 5.59. The largest absolute Gasteiger partial charge is 0.497 e. The average Bonchev–Trinajstić information content (AvgIpc) is 2.85. The minimum absolute atomic E-state index is 0.313. The Hall–Kier alpha value is -2.62. The van der Waals surface area contributed by atoms with Gasteiger partial charge < -0.3 is 10.1 Å². The summed E-state index contributed by atoms with van der Waals surface area (Å²) >= 11 is 0. The molecule has 3 unspecified atom stereocenters. The maximum atomic E-state index is 5.59. The molecule has 3 saturated heterocycles. The first kappa shape index (κ1) is 20.3. The van der Waals surface area contributed by atoms with Crippen LogP contribution in [0.25, 0.3) is 0 Å². The Morgan fingerprint density at radius 1 is 0.871 bits per heavy atom. The zero-order chi connectivity index (χ0) is 21.0. The number of nitrogens with zero attached hydrogens (tertiary/aromatic N) is 1. The number of nitrogens with one attached hydrogen (secondary N) is 1. The van der Waals surface area contributed by atoms with Crippen molar-refractivity contribution in [1.29, 1.82) is 0 Å². The molecule has 0 aromatic heterocycles. The third-order valence-electron chi connectivity index (χ3n) is 7.21. The summed E-state index contributed by atoms with van der Waals surface area (Å²) < 4.78 is 5.59. The van der Waals surface area contributed by atoms with Crippen molar-refractivity contribution in [1.82, 2.24) is 10.2 Å². The Bertz CT molecular complexity index is 967. The van der Waals surface area contributed by atoms with E-state index in [0.29, 0.717) is 18.0 Å². The smallest absolute Gasteiger partial charge is 0.119 e. The summed E-state index contributed by atoms with van der Waals surface area (Å²) in [6.07, 6.45) is 2.59. The van der Waals surface area contributed by atoms with Gasteiger partial charge in [0.25, 0.3) is 0 Å². The SMILES string of the molecule is COc1cccc(C(c2ccccc2)C2C(NCc3ccccc3)C3CCN2CC3)c1. The van der Waals surface area contributed by atoms with E-state index in [1.165, 1.54) is 42.6 Å². The van der Waals surface area contributed by atoms with Gasteiger partial charge in [-0.05, 0) is 60.7 Å². The molecule has 31 heavy (non-hydrogen) atoms. The Morgan fingerprint density at radius 3 is 2.26 bits per heavy atom. The van der Waals surface area contributed by atoms with Gasteiger partial charge in [-0.3, -0.25) is 4.90 Å². The average molecular weight is 413 g/mol. The number of benzene rings is 3. The molecular weight excluding hydrogens is 380 g/mol. The first-order chi connectivity index (χ1) is 15.3. The van der Waals surface area contributed by atoms with Gasteiger partial charge in [-0.15, -0.1) is 0 Å². The van der Waals surface area contributed by atoms with Crippen LogP contribution in [0.15, 0.2) is 84.9 Å². The van der Waals surface area contributed by atoms with E-state index in [-0.39, 0.29) is 0 Å². The van der Waals surface area contributed by atoms with Crippen LogP contribution in [0.2, 0.25) is 0 Å².